The van der Waals surface area contributed by atoms with Gasteiger partial charge in [-0.1, -0.05) is 42.9 Å². The Morgan fingerprint density at radius 2 is 1.71 bits per heavy atom. The summed E-state index contributed by atoms with van der Waals surface area (Å²) in [5.41, 5.74) is 2.03. The number of carbonyl (C=O) groups excluding carboxylic acids is 1. The van der Waals surface area contributed by atoms with Crippen molar-refractivity contribution in [1.82, 2.24) is 4.98 Å². The van der Waals surface area contributed by atoms with Gasteiger partial charge in [0, 0.05) is 17.7 Å². The molecule has 0 spiro atoms. The molecule has 0 aliphatic carbocycles. The van der Waals surface area contributed by atoms with E-state index in [1.807, 2.05) is 13.0 Å². The van der Waals surface area contributed by atoms with E-state index < -0.39 is 5.97 Å². The van der Waals surface area contributed by atoms with Gasteiger partial charge >= 0.3 is 5.97 Å². The topological polar surface area (TPSA) is 110 Å². The van der Waals surface area contributed by atoms with Crippen molar-refractivity contribution in [3.63, 3.8) is 0 Å². The molecule has 3 aromatic rings. The number of ether oxygens (including phenoxy) is 2. The number of thiazole rings is 1. The van der Waals surface area contributed by atoms with E-state index in [0.717, 1.165) is 17.8 Å². The van der Waals surface area contributed by atoms with Crippen LogP contribution in [0.3, 0.4) is 0 Å². The molecule has 2 aromatic carbocycles. The van der Waals surface area contributed by atoms with Crippen molar-refractivity contribution in [2.24, 2.45) is 0 Å². The second kappa shape index (κ2) is 9.94. The van der Waals surface area contributed by atoms with Gasteiger partial charge in [-0.15, -0.1) is 0 Å². The molecule has 0 aliphatic rings. The monoisotopic (exact) mass is 441 g/mol. The van der Waals surface area contributed by atoms with Gasteiger partial charge < -0.3 is 25.2 Å². The Hall–Kier alpha value is -3.59. The summed E-state index contributed by atoms with van der Waals surface area (Å²) in [5, 5.41) is 15.8. The zero-order valence-electron chi connectivity index (χ0n) is 17.4. The summed E-state index contributed by atoms with van der Waals surface area (Å²) in [6.45, 7) is 1.97. The van der Waals surface area contributed by atoms with E-state index in [4.69, 9.17) is 9.47 Å². The van der Waals surface area contributed by atoms with Crippen LogP contribution in [0.15, 0.2) is 42.5 Å². The molecule has 0 atom stereocenters. The van der Waals surface area contributed by atoms with E-state index in [2.05, 4.69) is 15.6 Å². The molecular weight excluding hydrogens is 418 g/mol. The first kappa shape index (κ1) is 22.1. The Labute approximate surface area is 183 Å². The van der Waals surface area contributed by atoms with Crippen LogP contribution in [0.25, 0.3) is 0 Å². The van der Waals surface area contributed by atoms with Crippen molar-refractivity contribution in [1.29, 1.82) is 0 Å². The molecule has 1 heterocycles. The second-order valence-electron chi connectivity index (χ2n) is 6.55. The number of aryl methyl sites for hydroxylation is 1. The Morgan fingerprint density at radius 3 is 2.32 bits per heavy atom. The van der Waals surface area contributed by atoms with Crippen LogP contribution in [0.1, 0.15) is 39.1 Å². The molecule has 0 aliphatic heterocycles. The Balaban J connectivity index is 1.91. The van der Waals surface area contributed by atoms with Crippen molar-refractivity contribution < 1.29 is 24.2 Å². The van der Waals surface area contributed by atoms with Crippen molar-refractivity contribution in [2.45, 2.75) is 19.8 Å². The van der Waals surface area contributed by atoms with Crippen LogP contribution < -0.4 is 20.1 Å². The number of carbonyl (C=O) groups is 2. The Morgan fingerprint density at radius 1 is 1.06 bits per heavy atom. The minimum atomic E-state index is -1.00. The molecule has 0 fully saturated rings. The maximum absolute atomic E-state index is 12.5. The van der Waals surface area contributed by atoms with Crippen molar-refractivity contribution in [3.8, 4) is 11.5 Å². The van der Waals surface area contributed by atoms with Gasteiger partial charge in [0.05, 0.1) is 31.3 Å². The standard InChI is InChI=1S/C22H23N3O5S/c1-4-8-14-19(21(27)28)31-22(24-14)25-16-12-17(29-2)15(11-18(16)30-3)23-20(26)13-9-6-5-7-10-13/h5-7,9-12H,4,8H2,1-3H3,(H,23,26)(H,24,25)(H,27,28). The molecule has 8 nitrogen and oxygen atoms in total. The lowest BCUT2D eigenvalue weighted by atomic mass is 10.2. The molecule has 0 saturated heterocycles. The fourth-order valence-electron chi connectivity index (χ4n) is 2.97. The summed E-state index contributed by atoms with van der Waals surface area (Å²) in [5.74, 6) is -0.431. The van der Waals surface area contributed by atoms with E-state index in [0.29, 0.717) is 45.7 Å². The van der Waals surface area contributed by atoms with Crippen LogP contribution in [-0.2, 0) is 6.42 Å². The van der Waals surface area contributed by atoms with Crippen LogP contribution in [0.4, 0.5) is 16.5 Å². The number of benzene rings is 2. The Kier molecular flexibility index (Phi) is 7.09. The second-order valence-corrected chi connectivity index (χ2v) is 7.55. The molecule has 0 radical (unpaired) electrons. The summed E-state index contributed by atoms with van der Waals surface area (Å²) in [7, 11) is 3.00. The molecule has 1 amide bonds. The lowest BCUT2D eigenvalue weighted by Gasteiger charge is -2.16. The quantitative estimate of drug-likeness (QED) is 0.437. The predicted molar refractivity (Wildman–Crippen MR) is 120 cm³/mol. The summed E-state index contributed by atoms with van der Waals surface area (Å²) in [4.78, 5) is 28.7. The molecule has 1 aromatic heterocycles. The van der Waals surface area contributed by atoms with Gasteiger partial charge in [0.15, 0.2) is 5.13 Å². The molecular formula is C22H23N3O5S. The minimum absolute atomic E-state index is 0.210. The average Bonchev–Trinajstić information content (AvgIpc) is 3.17. The number of aromatic carboxylic acids is 1. The maximum atomic E-state index is 12.5. The van der Waals surface area contributed by atoms with E-state index in [-0.39, 0.29) is 10.8 Å². The van der Waals surface area contributed by atoms with Crippen LogP contribution in [0.2, 0.25) is 0 Å². The van der Waals surface area contributed by atoms with Gasteiger partial charge in [-0.25, -0.2) is 9.78 Å². The number of carboxylic acid groups (broad SMARTS) is 1. The number of nitrogens with one attached hydrogen (secondary N) is 2. The number of methoxy groups -OCH3 is 2. The highest BCUT2D eigenvalue weighted by Crippen LogP contribution is 2.39. The summed E-state index contributed by atoms with van der Waals surface area (Å²) in [6, 6.07) is 12.1. The first-order chi connectivity index (χ1) is 15.0. The summed E-state index contributed by atoms with van der Waals surface area (Å²) in [6.07, 6.45) is 1.36. The third-order valence-corrected chi connectivity index (χ3v) is 5.43. The van der Waals surface area contributed by atoms with Crippen LogP contribution in [0.5, 0.6) is 11.5 Å². The van der Waals surface area contributed by atoms with E-state index in [9.17, 15) is 14.7 Å². The third-order valence-electron chi connectivity index (χ3n) is 4.43. The normalized spacial score (nSPS) is 10.4. The number of carboxylic acids is 1. The zero-order chi connectivity index (χ0) is 22.4. The SMILES string of the molecule is CCCc1nc(Nc2cc(OC)c(NC(=O)c3ccccc3)cc2OC)sc1C(=O)O. The van der Waals surface area contributed by atoms with Gasteiger partial charge in [-0.3, -0.25) is 4.79 Å². The first-order valence-electron chi connectivity index (χ1n) is 9.59. The number of anilines is 3. The lowest BCUT2D eigenvalue weighted by Crippen LogP contribution is -2.13. The fourth-order valence-corrected chi connectivity index (χ4v) is 3.83. The summed E-state index contributed by atoms with van der Waals surface area (Å²) >= 11 is 1.06. The maximum Gasteiger partial charge on any atom is 0.347 e. The zero-order valence-corrected chi connectivity index (χ0v) is 18.2. The van der Waals surface area contributed by atoms with E-state index in [1.54, 1.807) is 36.4 Å². The Bertz CT molecular complexity index is 1080. The van der Waals surface area contributed by atoms with Crippen LogP contribution >= 0.6 is 11.3 Å². The molecule has 0 saturated carbocycles. The number of aromatic nitrogens is 1. The fraction of sp³-hybridized carbons (Fsp3) is 0.227. The van der Waals surface area contributed by atoms with E-state index in [1.165, 1.54) is 14.2 Å². The molecule has 9 heteroatoms. The van der Waals surface area contributed by atoms with Gasteiger partial charge in [0.2, 0.25) is 0 Å². The van der Waals surface area contributed by atoms with Crippen LogP contribution in [-0.4, -0.2) is 36.2 Å². The molecule has 162 valence electrons. The van der Waals surface area contributed by atoms with E-state index >= 15 is 0 Å². The number of nitrogens with zero attached hydrogens (tertiary/aromatic N) is 1. The molecule has 31 heavy (non-hydrogen) atoms. The first-order valence-corrected chi connectivity index (χ1v) is 10.4. The molecule has 0 bridgehead atoms. The highest BCUT2D eigenvalue weighted by atomic mass is 32.1. The van der Waals surface area contributed by atoms with Crippen molar-refractivity contribution >= 4 is 39.7 Å². The third kappa shape index (κ3) is 5.13. The van der Waals surface area contributed by atoms with Crippen molar-refractivity contribution in [2.75, 3.05) is 24.9 Å². The molecule has 3 N–H and O–H groups in total. The smallest absolute Gasteiger partial charge is 0.347 e. The lowest BCUT2D eigenvalue weighted by molar-refractivity contribution is 0.0700. The largest absolute Gasteiger partial charge is 0.494 e. The average molecular weight is 442 g/mol. The number of amides is 1. The number of hydrogen-bond acceptors (Lipinski definition) is 7. The van der Waals surface area contributed by atoms with Gasteiger partial charge in [0.1, 0.15) is 16.4 Å². The van der Waals surface area contributed by atoms with Gasteiger partial charge in [0.25, 0.3) is 5.91 Å². The van der Waals surface area contributed by atoms with Crippen molar-refractivity contribution in [3.05, 3.63) is 58.6 Å². The molecule has 3 rings (SSSR count). The highest BCUT2D eigenvalue weighted by molar-refractivity contribution is 7.17. The number of hydrogen-bond donors (Lipinski definition) is 3. The number of rotatable bonds is 9. The molecule has 0 unspecified atom stereocenters. The minimum Gasteiger partial charge on any atom is -0.494 e. The summed E-state index contributed by atoms with van der Waals surface area (Å²) < 4.78 is 10.9. The predicted octanol–water partition coefficient (Wildman–Crippen LogP) is 4.81. The van der Waals surface area contributed by atoms with Crippen LogP contribution in [0, 0.1) is 0 Å². The van der Waals surface area contributed by atoms with Gasteiger partial charge in [-0.05, 0) is 18.6 Å². The highest BCUT2D eigenvalue weighted by Gasteiger charge is 2.19. The van der Waals surface area contributed by atoms with Gasteiger partial charge in [-0.2, -0.15) is 0 Å².